The number of esters is 1. The molecule has 0 aliphatic rings. The number of benzene rings is 1. The van der Waals surface area contributed by atoms with Crippen molar-refractivity contribution < 1.29 is 23.5 Å². The van der Waals surface area contributed by atoms with E-state index in [1.807, 2.05) is 25.3 Å². The molecule has 3 rings (SSSR count). The van der Waals surface area contributed by atoms with Crippen LogP contribution in [0.1, 0.15) is 45.1 Å². The molecule has 0 aliphatic carbocycles. The number of pyridine rings is 1. The number of aryl methyl sites for hydroxylation is 1. The lowest BCUT2D eigenvalue weighted by Gasteiger charge is -2.17. The fourth-order valence-corrected chi connectivity index (χ4v) is 3.70. The number of anilines is 2. The van der Waals surface area contributed by atoms with E-state index in [2.05, 4.69) is 10.3 Å². The van der Waals surface area contributed by atoms with Crippen LogP contribution in [0.15, 0.2) is 48.7 Å². The fourth-order valence-electron chi connectivity index (χ4n) is 3.70. The molecule has 0 spiro atoms. The van der Waals surface area contributed by atoms with Crippen molar-refractivity contribution in [1.82, 2.24) is 9.55 Å². The van der Waals surface area contributed by atoms with Gasteiger partial charge in [0.1, 0.15) is 17.2 Å². The largest absolute Gasteiger partial charge is 0.454 e. The van der Waals surface area contributed by atoms with Crippen molar-refractivity contribution in [2.24, 2.45) is 0 Å². The first-order valence-electron chi connectivity index (χ1n) is 10.2. The second-order valence-corrected chi connectivity index (χ2v) is 7.46. The van der Waals surface area contributed by atoms with E-state index in [9.17, 15) is 14.0 Å². The first-order valence-corrected chi connectivity index (χ1v) is 10.2. The smallest absolute Gasteiger partial charge is 0.342 e. The lowest BCUT2D eigenvalue weighted by Crippen LogP contribution is -2.17. The van der Waals surface area contributed by atoms with E-state index in [4.69, 9.17) is 9.47 Å². The van der Waals surface area contributed by atoms with Crippen LogP contribution in [0, 0.1) is 19.7 Å². The van der Waals surface area contributed by atoms with Gasteiger partial charge >= 0.3 is 5.97 Å². The highest BCUT2D eigenvalue weighted by Gasteiger charge is 2.21. The van der Waals surface area contributed by atoms with Gasteiger partial charge in [0.15, 0.2) is 6.61 Å². The summed E-state index contributed by atoms with van der Waals surface area (Å²) in [4.78, 5) is 29.5. The summed E-state index contributed by atoms with van der Waals surface area (Å²) in [6, 6.07) is 11.0. The van der Waals surface area contributed by atoms with E-state index >= 15 is 0 Å². The molecule has 7 nitrogen and oxygen atoms in total. The van der Waals surface area contributed by atoms with Crippen molar-refractivity contribution in [3.05, 3.63) is 77.0 Å². The molecule has 0 amide bonds. The Labute approximate surface area is 186 Å². The van der Waals surface area contributed by atoms with Gasteiger partial charge in [-0.25, -0.2) is 14.2 Å². The number of para-hydroxylation sites is 1. The van der Waals surface area contributed by atoms with Crippen LogP contribution >= 0.6 is 0 Å². The number of halogens is 1. The predicted octanol–water partition coefficient (Wildman–Crippen LogP) is 4.63. The SMILES string of the molecule is COC[C@H](C)n1c(C)cc(C(=O)COC(=O)c2cccnc2Nc2ccccc2F)c1C. The zero-order valence-electron chi connectivity index (χ0n) is 18.5. The van der Waals surface area contributed by atoms with Crippen molar-refractivity contribution in [3.63, 3.8) is 0 Å². The Morgan fingerprint density at radius 1 is 1.16 bits per heavy atom. The summed E-state index contributed by atoms with van der Waals surface area (Å²) in [5.41, 5.74) is 2.48. The molecule has 0 fully saturated rings. The van der Waals surface area contributed by atoms with Gasteiger partial charge in [0.25, 0.3) is 0 Å². The summed E-state index contributed by atoms with van der Waals surface area (Å²) in [5, 5.41) is 2.80. The number of Topliss-reactive ketones (excluding diaryl/α,β-unsaturated/α-hetero) is 1. The van der Waals surface area contributed by atoms with Crippen LogP contribution in [0.25, 0.3) is 0 Å². The van der Waals surface area contributed by atoms with Crippen LogP contribution in [-0.2, 0) is 9.47 Å². The molecule has 2 aromatic heterocycles. The third kappa shape index (κ3) is 5.03. The van der Waals surface area contributed by atoms with Crippen LogP contribution < -0.4 is 5.32 Å². The molecule has 0 bridgehead atoms. The van der Waals surface area contributed by atoms with Gasteiger partial charge in [-0.3, -0.25) is 4.79 Å². The molecule has 1 atom stereocenters. The van der Waals surface area contributed by atoms with Gasteiger partial charge in [-0.05, 0) is 51.1 Å². The number of ketones is 1. The normalized spacial score (nSPS) is 11.8. The Bertz CT molecular complexity index is 1130. The lowest BCUT2D eigenvalue weighted by molar-refractivity contribution is 0.0475. The molecule has 8 heteroatoms. The second-order valence-electron chi connectivity index (χ2n) is 7.46. The summed E-state index contributed by atoms with van der Waals surface area (Å²) in [7, 11) is 1.63. The number of carbonyl (C=O) groups is 2. The minimum atomic E-state index is -0.730. The molecule has 0 saturated carbocycles. The lowest BCUT2D eigenvalue weighted by atomic mass is 10.1. The van der Waals surface area contributed by atoms with E-state index in [-0.39, 0.29) is 28.9 Å². The number of hydrogen-bond donors (Lipinski definition) is 1. The Hall–Kier alpha value is -3.52. The highest BCUT2D eigenvalue weighted by Crippen LogP contribution is 2.23. The topological polar surface area (TPSA) is 82.5 Å². The molecule has 3 aromatic rings. The number of ether oxygens (including phenoxy) is 2. The van der Waals surface area contributed by atoms with Gasteiger partial charge in [0.05, 0.1) is 18.3 Å². The Morgan fingerprint density at radius 2 is 1.91 bits per heavy atom. The molecule has 0 aliphatic heterocycles. The van der Waals surface area contributed by atoms with E-state index in [0.717, 1.165) is 11.4 Å². The predicted molar refractivity (Wildman–Crippen MR) is 119 cm³/mol. The van der Waals surface area contributed by atoms with E-state index in [1.54, 1.807) is 31.4 Å². The summed E-state index contributed by atoms with van der Waals surface area (Å²) >= 11 is 0. The van der Waals surface area contributed by atoms with Gasteiger partial charge in [-0.2, -0.15) is 0 Å². The molecule has 1 aromatic carbocycles. The molecule has 0 radical (unpaired) electrons. The van der Waals surface area contributed by atoms with Crippen molar-refractivity contribution in [3.8, 4) is 0 Å². The average molecular weight is 439 g/mol. The van der Waals surface area contributed by atoms with Gasteiger partial charge in [-0.15, -0.1) is 0 Å². The third-order valence-electron chi connectivity index (χ3n) is 5.12. The molecular weight excluding hydrogens is 413 g/mol. The minimum Gasteiger partial charge on any atom is -0.454 e. The number of rotatable bonds is 9. The standard InChI is InChI=1S/C24H26FN3O4/c1-15-12-19(17(3)28(15)16(2)13-31-4)22(29)14-32-24(30)18-8-7-11-26-23(18)27-21-10-6-5-9-20(21)25/h5-12,16H,13-14H2,1-4H3,(H,26,27)/t16-/m0/s1. The highest BCUT2D eigenvalue weighted by atomic mass is 19.1. The van der Waals surface area contributed by atoms with Gasteiger partial charge in [-0.1, -0.05) is 12.1 Å². The van der Waals surface area contributed by atoms with Gasteiger partial charge in [0.2, 0.25) is 5.78 Å². The number of hydrogen-bond acceptors (Lipinski definition) is 6. The zero-order valence-corrected chi connectivity index (χ0v) is 18.5. The quantitative estimate of drug-likeness (QED) is 0.387. The number of nitrogens with one attached hydrogen (secondary N) is 1. The number of carbonyl (C=O) groups excluding carboxylic acids is 2. The third-order valence-corrected chi connectivity index (χ3v) is 5.12. The van der Waals surface area contributed by atoms with Crippen molar-refractivity contribution in [1.29, 1.82) is 0 Å². The summed E-state index contributed by atoms with van der Waals surface area (Å²) in [5.74, 6) is -1.38. The first kappa shape index (κ1) is 23.1. The van der Waals surface area contributed by atoms with Crippen molar-refractivity contribution in [2.45, 2.75) is 26.8 Å². The molecule has 0 unspecified atom stereocenters. The van der Waals surface area contributed by atoms with E-state index in [0.29, 0.717) is 12.2 Å². The summed E-state index contributed by atoms with van der Waals surface area (Å²) in [6.07, 6.45) is 1.47. The monoisotopic (exact) mass is 439 g/mol. The molecule has 168 valence electrons. The highest BCUT2D eigenvalue weighted by molar-refractivity contribution is 6.01. The van der Waals surface area contributed by atoms with Gasteiger partial charge in [0, 0.05) is 30.3 Å². The first-order chi connectivity index (χ1) is 15.3. The summed E-state index contributed by atoms with van der Waals surface area (Å²) < 4.78 is 26.5. The van der Waals surface area contributed by atoms with E-state index in [1.165, 1.54) is 24.4 Å². The van der Waals surface area contributed by atoms with Crippen molar-refractivity contribution in [2.75, 3.05) is 25.6 Å². The summed E-state index contributed by atoms with van der Waals surface area (Å²) in [6.45, 7) is 5.86. The number of aromatic nitrogens is 2. The fraction of sp³-hybridized carbons (Fsp3) is 0.292. The molecule has 0 saturated heterocycles. The van der Waals surface area contributed by atoms with Crippen LogP contribution in [0.5, 0.6) is 0 Å². The molecule has 2 heterocycles. The van der Waals surface area contributed by atoms with Gasteiger partial charge < -0.3 is 19.4 Å². The Morgan fingerprint density at radius 3 is 2.62 bits per heavy atom. The van der Waals surface area contributed by atoms with Crippen LogP contribution in [0.4, 0.5) is 15.9 Å². The van der Waals surface area contributed by atoms with Crippen LogP contribution in [0.3, 0.4) is 0 Å². The van der Waals surface area contributed by atoms with Crippen LogP contribution in [0.2, 0.25) is 0 Å². The molecule has 32 heavy (non-hydrogen) atoms. The van der Waals surface area contributed by atoms with Crippen LogP contribution in [-0.4, -0.2) is 41.6 Å². The minimum absolute atomic E-state index is 0.0616. The van der Waals surface area contributed by atoms with Crippen molar-refractivity contribution >= 4 is 23.3 Å². The maximum absolute atomic E-state index is 14.0. The number of nitrogens with zero attached hydrogens (tertiary/aromatic N) is 2. The number of methoxy groups -OCH3 is 1. The van der Waals surface area contributed by atoms with E-state index < -0.39 is 18.4 Å². The molecular formula is C24H26FN3O4. The zero-order chi connectivity index (χ0) is 23.3. The second kappa shape index (κ2) is 10.2. The Balaban J connectivity index is 1.72. The maximum Gasteiger partial charge on any atom is 0.342 e. The Kier molecular flexibility index (Phi) is 7.37. The average Bonchev–Trinajstić information content (AvgIpc) is 3.08. The molecule has 1 N–H and O–H groups in total. The maximum atomic E-state index is 14.0.